The molecule has 0 bridgehead atoms. The van der Waals surface area contributed by atoms with Crippen molar-refractivity contribution in [1.29, 1.82) is 0 Å². The maximum atomic E-state index is 12.5. The van der Waals surface area contributed by atoms with Crippen LogP contribution in [0.4, 0.5) is 15.6 Å². The van der Waals surface area contributed by atoms with Gasteiger partial charge in [0.25, 0.3) is 0 Å². The molecule has 0 radical (unpaired) electrons. The number of aromatic nitrogens is 1. The van der Waals surface area contributed by atoms with E-state index in [9.17, 15) is 4.79 Å². The molecule has 152 valence electrons. The first-order valence-corrected chi connectivity index (χ1v) is 10.4. The second-order valence-electron chi connectivity index (χ2n) is 6.56. The van der Waals surface area contributed by atoms with Gasteiger partial charge in [-0.05, 0) is 30.3 Å². The molecule has 0 atom stereocenters. The highest BCUT2D eigenvalue weighted by Gasteiger charge is 2.24. The summed E-state index contributed by atoms with van der Waals surface area (Å²) in [5.41, 5.74) is 1.49. The summed E-state index contributed by atoms with van der Waals surface area (Å²) in [5.74, 6) is 1.51. The summed E-state index contributed by atoms with van der Waals surface area (Å²) >= 11 is 7.56. The van der Waals surface area contributed by atoms with Crippen molar-refractivity contribution in [3.05, 3.63) is 41.4 Å². The fourth-order valence-electron chi connectivity index (χ4n) is 3.28. The molecule has 1 aliphatic heterocycles. The maximum Gasteiger partial charge on any atom is 0.321 e. The van der Waals surface area contributed by atoms with Crippen molar-refractivity contribution in [3.63, 3.8) is 0 Å². The second kappa shape index (κ2) is 8.34. The number of hydrogen-bond donors (Lipinski definition) is 1. The lowest BCUT2D eigenvalue weighted by atomic mass is 10.3. The van der Waals surface area contributed by atoms with Crippen LogP contribution in [0.15, 0.2) is 36.4 Å². The molecule has 1 fully saturated rings. The van der Waals surface area contributed by atoms with Crippen LogP contribution in [0.1, 0.15) is 0 Å². The molecule has 2 amide bonds. The number of anilines is 2. The van der Waals surface area contributed by atoms with Gasteiger partial charge in [0.1, 0.15) is 21.7 Å². The minimum atomic E-state index is -0.125. The minimum absolute atomic E-state index is 0.125. The average Bonchev–Trinajstić information content (AvgIpc) is 3.18. The molecule has 0 spiro atoms. The topological polar surface area (TPSA) is 66.9 Å². The lowest BCUT2D eigenvalue weighted by molar-refractivity contribution is 0.208. The van der Waals surface area contributed by atoms with Crippen molar-refractivity contribution >= 4 is 50.0 Å². The summed E-state index contributed by atoms with van der Waals surface area (Å²) in [5, 5.41) is 4.39. The standard InChI is InChI=1S/C20H21ClN4O3S/c1-27-15-6-7-16(28-2)18-17(15)23-20(29-18)25-10-8-24(9-11-25)19(26)22-14-5-3-4-13(21)12-14/h3-7,12H,8-11H2,1-2H3,(H,22,26). The van der Waals surface area contributed by atoms with Gasteiger partial charge >= 0.3 is 6.03 Å². The van der Waals surface area contributed by atoms with E-state index in [-0.39, 0.29) is 6.03 Å². The molecule has 0 aliphatic carbocycles. The Morgan fingerprint density at radius 2 is 1.83 bits per heavy atom. The number of amides is 2. The molecule has 0 unspecified atom stereocenters. The Labute approximate surface area is 177 Å². The first kappa shape index (κ1) is 19.6. The fraction of sp³-hybridized carbons (Fsp3) is 0.300. The van der Waals surface area contributed by atoms with Crippen LogP contribution in [-0.2, 0) is 0 Å². The van der Waals surface area contributed by atoms with Crippen LogP contribution in [0.3, 0.4) is 0 Å². The molecule has 9 heteroatoms. The summed E-state index contributed by atoms with van der Waals surface area (Å²) in [4.78, 5) is 21.3. The van der Waals surface area contributed by atoms with Gasteiger partial charge in [0, 0.05) is 36.9 Å². The summed E-state index contributed by atoms with van der Waals surface area (Å²) < 4.78 is 11.9. The van der Waals surface area contributed by atoms with Crippen molar-refractivity contribution in [1.82, 2.24) is 9.88 Å². The fourth-order valence-corrected chi connectivity index (χ4v) is 4.60. The number of ether oxygens (including phenoxy) is 2. The molecule has 1 aliphatic rings. The van der Waals surface area contributed by atoms with E-state index >= 15 is 0 Å². The summed E-state index contributed by atoms with van der Waals surface area (Å²) in [6, 6.07) is 10.8. The van der Waals surface area contributed by atoms with E-state index in [0.29, 0.717) is 36.9 Å². The predicted octanol–water partition coefficient (Wildman–Crippen LogP) is 4.32. The van der Waals surface area contributed by atoms with E-state index < -0.39 is 0 Å². The number of nitrogens with one attached hydrogen (secondary N) is 1. The lowest BCUT2D eigenvalue weighted by Gasteiger charge is -2.34. The van der Waals surface area contributed by atoms with Crippen molar-refractivity contribution in [2.45, 2.75) is 0 Å². The number of carbonyl (C=O) groups is 1. The zero-order chi connectivity index (χ0) is 20.4. The van der Waals surface area contributed by atoms with Crippen LogP contribution >= 0.6 is 22.9 Å². The van der Waals surface area contributed by atoms with Gasteiger partial charge in [-0.1, -0.05) is 29.0 Å². The van der Waals surface area contributed by atoms with Crippen LogP contribution in [-0.4, -0.2) is 56.3 Å². The van der Waals surface area contributed by atoms with Crippen LogP contribution in [0.5, 0.6) is 11.5 Å². The Bertz CT molecular complexity index is 993. The maximum absolute atomic E-state index is 12.5. The van der Waals surface area contributed by atoms with Gasteiger partial charge in [0.05, 0.1) is 14.2 Å². The number of halogens is 1. The number of piperazine rings is 1. The number of methoxy groups -OCH3 is 2. The molecule has 1 N–H and O–H groups in total. The number of benzene rings is 2. The Morgan fingerprint density at radius 1 is 1.10 bits per heavy atom. The van der Waals surface area contributed by atoms with Gasteiger partial charge in [-0.2, -0.15) is 0 Å². The highest BCUT2D eigenvalue weighted by molar-refractivity contribution is 7.22. The third-order valence-electron chi connectivity index (χ3n) is 4.81. The van der Waals surface area contributed by atoms with Crippen LogP contribution in [0, 0.1) is 0 Å². The number of urea groups is 1. The van der Waals surface area contributed by atoms with Crippen molar-refractivity contribution in [3.8, 4) is 11.5 Å². The molecule has 7 nitrogen and oxygen atoms in total. The lowest BCUT2D eigenvalue weighted by Crippen LogP contribution is -2.50. The summed E-state index contributed by atoms with van der Waals surface area (Å²) in [7, 11) is 3.29. The SMILES string of the molecule is COc1ccc(OC)c2sc(N3CCN(C(=O)Nc4cccc(Cl)c4)CC3)nc12. The van der Waals surface area contributed by atoms with Gasteiger partial charge in [-0.15, -0.1) is 0 Å². The van der Waals surface area contributed by atoms with E-state index in [0.717, 1.165) is 26.8 Å². The zero-order valence-electron chi connectivity index (χ0n) is 16.1. The number of fused-ring (bicyclic) bond motifs is 1. The van der Waals surface area contributed by atoms with Gasteiger partial charge in [-0.3, -0.25) is 0 Å². The number of thiazole rings is 1. The Hall–Kier alpha value is -2.71. The zero-order valence-corrected chi connectivity index (χ0v) is 17.7. The number of rotatable bonds is 4. The molecule has 2 heterocycles. The van der Waals surface area contributed by atoms with Crippen molar-refractivity contribution < 1.29 is 14.3 Å². The van der Waals surface area contributed by atoms with Crippen LogP contribution in [0.2, 0.25) is 5.02 Å². The Balaban J connectivity index is 1.45. The number of carbonyl (C=O) groups excluding carboxylic acids is 1. The monoisotopic (exact) mass is 432 g/mol. The van der Waals surface area contributed by atoms with E-state index in [4.69, 9.17) is 26.1 Å². The van der Waals surface area contributed by atoms with Gasteiger partial charge < -0.3 is 24.6 Å². The van der Waals surface area contributed by atoms with Crippen LogP contribution in [0.25, 0.3) is 10.2 Å². The summed E-state index contributed by atoms with van der Waals surface area (Å²) in [6.45, 7) is 2.62. The normalized spacial score (nSPS) is 14.2. The highest BCUT2D eigenvalue weighted by atomic mass is 35.5. The molecule has 1 aromatic heterocycles. The summed E-state index contributed by atoms with van der Waals surface area (Å²) in [6.07, 6.45) is 0. The molecule has 4 rings (SSSR count). The molecular formula is C20H21ClN4O3S. The third kappa shape index (κ3) is 4.04. The first-order valence-electron chi connectivity index (χ1n) is 9.17. The van der Waals surface area contributed by atoms with Gasteiger partial charge in [0.15, 0.2) is 5.13 Å². The molecule has 1 saturated heterocycles. The molecule has 3 aromatic rings. The number of nitrogens with zero attached hydrogens (tertiary/aromatic N) is 3. The van der Waals surface area contributed by atoms with Crippen molar-refractivity contribution in [2.24, 2.45) is 0 Å². The Morgan fingerprint density at radius 3 is 2.52 bits per heavy atom. The average molecular weight is 433 g/mol. The molecular weight excluding hydrogens is 412 g/mol. The second-order valence-corrected chi connectivity index (χ2v) is 7.97. The third-order valence-corrected chi connectivity index (χ3v) is 6.18. The highest BCUT2D eigenvalue weighted by Crippen LogP contribution is 2.40. The first-order chi connectivity index (χ1) is 14.1. The molecule has 29 heavy (non-hydrogen) atoms. The number of hydrogen-bond acceptors (Lipinski definition) is 6. The van der Waals surface area contributed by atoms with Crippen LogP contribution < -0.4 is 19.7 Å². The minimum Gasteiger partial charge on any atom is -0.495 e. The van der Waals surface area contributed by atoms with E-state index in [1.54, 1.807) is 42.6 Å². The predicted molar refractivity (Wildman–Crippen MR) is 117 cm³/mol. The van der Waals surface area contributed by atoms with E-state index in [1.807, 2.05) is 24.3 Å². The van der Waals surface area contributed by atoms with Crippen molar-refractivity contribution in [2.75, 3.05) is 50.6 Å². The van der Waals surface area contributed by atoms with E-state index in [1.165, 1.54) is 0 Å². The quantitative estimate of drug-likeness (QED) is 0.665. The Kier molecular flexibility index (Phi) is 5.64. The van der Waals surface area contributed by atoms with Gasteiger partial charge in [0.2, 0.25) is 0 Å². The largest absolute Gasteiger partial charge is 0.495 e. The van der Waals surface area contributed by atoms with Gasteiger partial charge in [-0.25, -0.2) is 9.78 Å². The smallest absolute Gasteiger partial charge is 0.321 e. The molecule has 0 saturated carbocycles. The molecule has 2 aromatic carbocycles. The van der Waals surface area contributed by atoms with E-state index in [2.05, 4.69) is 10.2 Å².